The van der Waals surface area contributed by atoms with E-state index in [0.29, 0.717) is 17.5 Å². The summed E-state index contributed by atoms with van der Waals surface area (Å²) in [6.45, 7) is 3.23. The third kappa shape index (κ3) is 4.81. The van der Waals surface area contributed by atoms with Crippen molar-refractivity contribution >= 4 is 17.8 Å². The maximum Gasteiger partial charge on any atom is 0.364 e. The quantitative estimate of drug-likeness (QED) is 0.304. The molecule has 1 aliphatic carbocycles. The molecule has 0 saturated heterocycles. The molecule has 10 heteroatoms. The molecule has 1 atom stereocenters. The molecule has 1 saturated carbocycles. The number of rotatable bonds is 10. The van der Waals surface area contributed by atoms with E-state index in [4.69, 9.17) is 14.8 Å². The fourth-order valence-electron chi connectivity index (χ4n) is 4.35. The number of carboxylic acids is 1. The maximum absolute atomic E-state index is 14.6. The van der Waals surface area contributed by atoms with Gasteiger partial charge in [0, 0.05) is 17.1 Å². The van der Waals surface area contributed by atoms with Crippen LogP contribution in [0.4, 0.5) is 4.39 Å². The number of ether oxygens (including phenoxy) is 1. The van der Waals surface area contributed by atoms with Crippen LogP contribution in [0, 0.1) is 0 Å². The van der Waals surface area contributed by atoms with Gasteiger partial charge in [-0.15, -0.1) is 0 Å². The van der Waals surface area contributed by atoms with E-state index in [2.05, 4.69) is 13.8 Å². The second-order valence-corrected chi connectivity index (χ2v) is 9.55. The van der Waals surface area contributed by atoms with Crippen LogP contribution in [0.5, 0.6) is 5.75 Å². The number of aliphatic carboxylic acids is 1. The van der Waals surface area contributed by atoms with Crippen molar-refractivity contribution in [1.29, 1.82) is 0 Å². The predicted octanol–water partition coefficient (Wildman–Crippen LogP) is 4.78. The zero-order chi connectivity index (χ0) is 27.0. The van der Waals surface area contributed by atoms with Gasteiger partial charge in [0.2, 0.25) is 5.83 Å². The molecular weight excluding hydrogens is 491 g/mol. The van der Waals surface area contributed by atoms with Crippen molar-refractivity contribution in [1.82, 2.24) is 19.7 Å². The third-order valence-corrected chi connectivity index (χ3v) is 6.86. The summed E-state index contributed by atoms with van der Waals surface area (Å²) in [6.07, 6.45) is 3.17. The van der Waals surface area contributed by atoms with Gasteiger partial charge in [-0.3, -0.25) is 14.5 Å². The Morgan fingerprint density at radius 3 is 2.29 bits per heavy atom. The number of hydrogen-bond donors (Lipinski definition) is 1. The molecule has 5 rings (SSSR count). The first-order valence-corrected chi connectivity index (χ1v) is 12.5. The highest BCUT2D eigenvalue weighted by Gasteiger charge is 2.36. The lowest BCUT2D eigenvalue weighted by Crippen LogP contribution is -2.33. The largest absolute Gasteiger partial charge is 0.489 e. The molecule has 3 aromatic rings. The van der Waals surface area contributed by atoms with Crippen LogP contribution in [-0.4, -0.2) is 55.7 Å². The van der Waals surface area contributed by atoms with Crippen molar-refractivity contribution < 1.29 is 28.6 Å². The van der Waals surface area contributed by atoms with Crippen LogP contribution in [0.15, 0.2) is 59.9 Å². The molecule has 38 heavy (non-hydrogen) atoms. The van der Waals surface area contributed by atoms with Crippen LogP contribution in [0.2, 0.25) is 0 Å². The SMILES string of the molecule is CCC(C)n1nc(-c2ccc(OC/C(CN3C(=O)c4ccccc4C3=O)=C(\F)C(=O)O)cc2)nc1C1CC1. The minimum absolute atomic E-state index is 0.193. The standard InChI is InChI=1S/C28H27FN4O5/c1-3-16(2)33-25(18-8-9-18)30-24(31-33)17-10-12-20(13-11-17)38-15-19(23(29)28(36)37)14-32-26(34)21-6-4-5-7-22(21)27(32)35/h4-7,10-13,16,18H,3,8-9,14-15H2,1-2H3,(H,36,37)/b23-19-. The minimum Gasteiger partial charge on any atom is -0.489 e. The van der Waals surface area contributed by atoms with Crippen molar-refractivity contribution in [3.63, 3.8) is 0 Å². The van der Waals surface area contributed by atoms with Crippen LogP contribution in [0.3, 0.4) is 0 Å². The van der Waals surface area contributed by atoms with Crippen molar-refractivity contribution in [3.8, 4) is 17.1 Å². The van der Waals surface area contributed by atoms with E-state index in [-0.39, 0.29) is 22.7 Å². The van der Waals surface area contributed by atoms with E-state index in [1.807, 2.05) is 4.68 Å². The molecule has 0 radical (unpaired) electrons. The summed E-state index contributed by atoms with van der Waals surface area (Å²) in [5, 5.41) is 13.9. The number of carbonyl (C=O) groups is 3. The third-order valence-electron chi connectivity index (χ3n) is 6.86. The van der Waals surface area contributed by atoms with Crippen LogP contribution < -0.4 is 4.74 Å². The Bertz CT molecular complexity index is 1410. The molecule has 1 N–H and O–H groups in total. The Kier molecular flexibility index (Phi) is 6.79. The van der Waals surface area contributed by atoms with E-state index >= 15 is 0 Å². The van der Waals surface area contributed by atoms with Gasteiger partial charge in [-0.05, 0) is 62.6 Å². The lowest BCUT2D eigenvalue weighted by Gasteiger charge is -2.17. The van der Waals surface area contributed by atoms with E-state index in [1.165, 1.54) is 12.1 Å². The van der Waals surface area contributed by atoms with Gasteiger partial charge in [0.25, 0.3) is 11.8 Å². The number of aromatic nitrogens is 3. The molecule has 9 nitrogen and oxygen atoms in total. The van der Waals surface area contributed by atoms with Crippen LogP contribution in [-0.2, 0) is 4.79 Å². The lowest BCUT2D eigenvalue weighted by atomic mass is 10.1. The second-order valence-electron chi connectivity index (χ2n) is 9.55. The van der Waals surface area contributed by atoms with Crippen molar-refractivity contribution in [2.24, 2.45) is 0 Å². The van der Waals surface area contributed by atoms with E-state index in [9.17, 15) is 23.9 Å². The summed E-state index contributed by atoms with van der Waals surface area (Å²) < 4.78 is 22.2. The molecule has 2 aromatic carbocycles. The van der Waals surface area contributed by atoms with Gasteiger partial charge in [0.15, 0.2) is 5.82 Å². The average Bonchev–Trinajstić information content (AvgIpc) is 3.64. The molecule has 2 heterocycles. The number of carboxylic acid groups (broad SMARTS) is 1. The van der Waals surface area contributed by atoms with Crippen molar-refractivity contribution in [2.45, 2.75) is 45.1 Å². The molecule has 2 amide bonds. The first kappa shape index (κ1) is 25.3. The summed E-state index contributed by atoms with van der Waals surface area (Å²) in [5.41, 5.74) is 0.843. The summed E-state index contributed by atoms with van der Waals surface area (Å²) >= 11 is 0. The Hall–Kier alpha value is -4.34. The number of hydrogen-bond acceptors (Lipinski definition) is 6. The zero-order valence-electron chi connectivity index (χ0n) is 21.1. The summed E-state index contributed by atoms with van der Waals surface area (Å²) in [4.78, 5) is 42.3. The highest BCUT2D eigenvalue weighted by molar-refractivity contribution is 6.21. The van der Waals surface area contributed by atoms with Crippen molar-refractivity contribution in [2.75, 3.05) is 13.2 Å². The summed E-state index contributed by atoms with van der Waals surface area (Å²) in [5.74, 6) is -2.07. The monoisotopic (exact) mass is 518 g/mol. The maximum atomic E-state index is 14.6. The van der Waals surface area contributed by atoms with E-state index in [0.717, 1.165) is 35.6 Å². The first-order chi connectivity index (χ1) is 18.3. The molecular formula is C28H27FN4O5. The fraction of sp³-hybridized carbons (Fsp3) is 0.321. The highest BCUT2D eigenvalue weighted by atomic mass is 19.1. The smallest absolute Gasteiger partial charge is 0.364 e. The van der Waals surface area contributed by atoms with E-state index < -0.39 is 36.8 Å². The second kappa shape index (κ2) is 10.2. The van der Waals surface area contributed by atoms with Gasteiger partial charge in [0.05, 0.1) is 23.7 Å². The number of amides is 2. The summed E-state index contributed by atoms with van der Waals surface area (Å²) in [6, 6.07) is 13.4. The highest BCUT2D eigenvalue weighted by Crippen LogP contribution is 2.40. The molecule has 196 valence electrons. The topological polar surface area (TPSA) is 115 Å². The number of benzene rings is 2. The number of carbonyl (C=O) groups excluding carboxylic acids is 2. The normalized spacial score (nSPS) is 16.3. The van der Waals surface area contributed by atoms with Crippen LogP contribution in [0.1, 0.15) is 71.6 Å². The average molecular weight is 519 g/mol. The molecule has 1 aliphatic heterocycles. The fourth-order valence-corrected chi connectivity index (χ4v) is 4.35. The number of nitrogens with zero attached hydrogens (tertiary/aromatic N) is 4. The van der Waals surface area contributed by atoms with Gasteiger partial charge in [-0.2, -0.15) is 9.49 Å². The number of fused-ring (bicyclic) bond motifs is 1. The molecule has 1 fully saturated rings. The molecule has 2 aliphatic rings. The van der Waals surface area contributed by atoms with E-state index in [1.54, 1.807) is 36.4 Å². The number of halogens is 1. The predicted molar refractivity (Wildman–Crippen MR) is 136 cm³/mol. The Morgan fingerprint density at radius 2 is 1.74 bits per heavy atom. The van der Waals surface area contributed by atoms with Crippen LogP contribution >= 0.6 is 0 Å². The van der Waals surface area contributed by atoms with Crippen molar-refractivity contribution in [3.05, 3.63) is 76.9 Å². The Balaban J connectivity index is 1.31. The molecule has 1 unspecified atom stereocenters. The Labute approximate surface area is 218 Å². The van der Waals surface area contributed by atoms with Gasteiger partial charge in [-0.1, -0.05) is 19.1 Å². The molecule has 0 bridgehead atoms. The molecule has 1 aromatic heterocycles. The number of imide groups is 1. The van der Waals surface area contributed by atoms with Gasteiger partial charge >= 0.3 is 5.97 Å². The zero-order valence-corrected chi connectivity index (χ0v) is 21.1. The minimum atomic E-state index is -1.80. The van der Waals surface area contributed by atoms with Crippen LogP contribution in [0.25, 0.3) is 11.4 Å². The lowest BCUT2D eigenvalue weighted by molar-refractivity contribution is -0.134. The van der Waals surface area contributed by atoms with Gasteiger partial charge < -0.3 is 9.84 Å². The van der Waals surface area contributed by atoms with Gasteiger partial charge in [0.1, 0.15) is 18.2 Å². The first-order valence-electron chi connectivity index (χ1n) is 12.5. The summed E-state index contributed by atoms with van der Waals surface area (Å²) in [7, 11) is 0. The Morgan fingerprint density at radius 1 is 1.11 bits per heavy atom. The van der Waals surface area contributed by atoms with Gasteiger partial charge in [-0.25, -0.2) is 14.5 Å². The molecule has 0 spiro atoms.